The fourth-order valence-electron chi connectivity index (χ4n) is 3.14. The average Bonchev–Trinajstić information content (AvgIpc) is 3.36. The highest BCUT2D eigenvalue weighted by Crippen LogP contribution is 2.33. The highest BCUT2D eigenvalue weighted by molar-refractivity contribution is 6.33. The van der Waals surface area contributed by atoms with Gasteiger partial charge in [0.05, 0.1) is 15.6 Å². The molecule has 0 spiro atoms. The van der Waals surface area contributed by atoms with Crippen molar-refractivity contribution in [1.29, 1.82) is 0 Å². The molecule has 1 aromatic heterocycles. The molecule has 4 rings (SSSR count). The summed E-state index contributed by atoms with van der Waals surface area (Å²) in [6.07, 6.45) is 1.24. The smallest absolute Gasteiger partial charge is 0.329 e. The van der Waals surface area contributed by atoms with E-state index in [0.717, 1.165) is 6.07 Å². The lowest BCUT2D eigenvalue weighted by molar-refractivity contribution is -0.384. The number of non-ortho nitro benzene ring substituents is 1. The Morgan fingerprint density at radius 3 is 2.71 bits per heavy atom. The van der Waals surface area contributed by atoms with Crippen LogP contribution in [0.3, 0.4) is 0 Å². The van der Waals surface area contributed by atoms with Crippen molar-refractivity contribution >= 4 is 46.9 Å². The van der Waals surface area contributed by atoms with E-state index in [-0.39, 0.29) is 39.2 Å². The number of furan rings is 1. The van der Waals surface area contributed by atoms with Gasteiger partial charge in [0.1, 0.15) is 29.6 Å². The zero-order chi connectivity index (χ0) is 24.4. The van der Waals surface area contributed by atoms with E-state index >= 15 is 0 Å². The van der Waals surface area contributed by atoms with Crippen molar-refractivity contribution in [2.45, 2.75) is 0 Å². The van der Waals surface area contributed by atoms with Crippen LogP contribution < -0.4 is 10.6 Å². The maximum absolute atomic E-state index is 13.7. The third kappa shape index (κ3) is 4.64. The van der Waals surface area contributed by atoms with Crippen LogP contribution in [0.2, 0.25) is 5.02 Å². The summed E-state index contributed by atoms with van der Waals surface area (Å²) in [6, 6.07) is 11.5. The SMILES string of the molecule is O=C(CN1C(=O)N/C(=C/c2ccc(-c3cc([N+](=O)[O-])ccc3Cl)o2)C1=O)Nc1ccccc1F. The van der Waals surface area contributed by atoms with Crippen LogP contribution in [0, 0.1) is 15.9 Å². The molecule has 2 N–H and O–H groups in total. The quantitative estimate of drug-likeness (QED) is 0.233. The van der Waals surface area contributed by atoms with E-state index in [0.29, 0.717) is 4.90 Å². The molecule has 0 aliphatic carbocycles. The summed E-state index contributed by atoms with van der Waals surface area (Å²) >= 11 is 6.12. The Labute approximate surface area is 195 Å². The highest BCUT2D eigenvalue weighted by Gasteiger charge is 2.35. The molecule has 0 unspecified atom stereocenters. The van der Waals surface area contributed by atoms with Gasteiger partial charge in [0.2, 0.25) is 5.91 Å². The zero-order valence-corrected chi connectivity index (χ0v) is 17.8. The third-order valence-corrected chi connectivity index (χ3v) is 5.08. The molecule has 4 amide bonds. The van der Waals surface area contributed by atoms with E-state index in [4.69, 9.17) is 16.0 Å². The van der Waals surface area contributed by atoms with Crippen LogP contribution in [-0.2, 0) is 9.59 Å². The molecule has 0 saturated carbocycles. The van der Waals surface area contributed by atoms with Crippen LogP contribution in [0.25, 0.3) is 17.4 Å². The predicted molar refractivity (Wildman–Crippen MR) is 119 cm³/mol. The number of amides is 4. The summed E-state index contributed by atoms with van der Waals surface area (Å²) in [5.41, 5.74) is -0.153. The minimum Gasteiger partial charge on any atom is -0.457 e. The first-order valence-electron chi connectivity index (χ1n) is 9.66. The van der Waals surface area contributed by atoms with Gasteiger partial charge in [0.15, 0.2) is 0 Å². The van der Waals surface area contributed by atoms with Crippen molar-refractivity contribution < 1.29 is 28.1 Å². The number of nitro benzene ring substituents is 1. The first kappa shape index (κ1) is 22.7. The molecule has 1 fully saturated rings. The Morgan fingerprint density at radius 2 is 1.97 bits per heavy atom. The number of urea groups is 1. The lowest BCUT2D eigenvalue weighted by atomic mass is 10.1. The Balaban J connectivity index is 1.49. The van der Waals surface area contributed by atoms with Gasteiger partial charge >= 0.3 is 6.03 Å². The molecule has 12 heteroatoms. The molecule has 2 aromatic carbocycles. The fourth-order valence-corrected chi connectivity index (χ4v) is 3.35. The van der Waals surface area contributed by atoms with Crippen molar-refractivity contribution in [3.8, 4) is 11.3 Å². The van der Waals surface area contributed by atoms with Crippen molar-refractivity contribution in [3.63, 3.8) is 0 Å². The molecule has 0 atom stereocenters. The second-order valence-corrected chi connectivity index (χ2v) is 7.44. The van der Waals surface area contributed by atoms with E-state index in [1.54, 1.807) is 0 Å². The average molecular weight is 485 g/mol. The number of halogens is 2. The number of anilines is 1. The number of hydrogen-bond donors (Lipinski definition) is 2. The Morgan fingerprint density at radius 1 is 1.21 bits per heavy atom. The maximum Gasteiger partial charge on any atom is 0.329 e. The molecule has 0 radical (unpaired) electrons. The summed E-state index contributed by atoms with van der Waals surface area (Å²) in [4.78, 5) is 48.1. The molecule has 3 aromatic rings. The van der Waals surface area contributed by atoms with E-state index in [2.05, 4.69) is 10.6 Å². The van der Waals surface area contributed by atoms with Crippen molar-refractivity contribution in [2.24, 2.45) is 0 Å². The number of imide groups is 1. The van der Waals surface area contributed by atoms with Gasteiger partial charge in [-0.15, -0.1) is 0 Å². The molecule has 1 aliphatic rings. The summed E-state index contributed by atoms with van der Waals surface area (Å²) in [7, 11) is 0. The van der Waals surface area contributed by atoms with Crippen LogP contribution in [0.1, 0.15) is 5.76 Å². The van der Waals surface area contributed by atoms with Gasteiger partial charge in [-0.05, 0) is 30.3 Å². The van der Waals surface area contributed by atoms with Crippen LogP contribution in [0.4, 0.5) is 20.6 Å². The number of nitro groups is 1. The van der Waals surface area contributed by atoms with Gasteiger partial charge in [0, 0.05) is 23.8 Å². The lowest BCUT2D eigenvalue weighted by Crippen LogP contribution is -2.38. The summed E-state index contributed by atoms with van der Waals surface area (Å²) in [6.45, 7) is -0.636. The van der Waals surface area contributed by atoms with E-state index in [1.807, 2.05) is 0 Å². The molecular formula is C22H14ClFN4O6. The van der Waals surface area contributed by atoms with Crippen molar-refractivity contribution in [1.82, 2.24) is 10.2 Å². The first-order chi connectivity index (χ1) is 16.2. The maximum atomic E-state index is 13.7. The number of hydrogen-bond acceptors (Lipinski definition) is 6. The molecule has 0 bridgehead atoms. The highest BCUT2D eigenvalue weighted by atomic mass is 35.5. The number of para-hydroxylation sites is 1. The number of nitrogens with one attached hydrogen (secondary N) is 2. The Kier molecular flexibility index (Phi) is 6.11. The monoisotopic (exact) mass is 484 g/mol. The second kappa shape index (κ2) is 9.16. The summed E-state index contributed by atoms with van der Waals surface area (Å²) in [5, 5.41) is 15.9. The van der Waals surface area contributed by atoms with Crippen LogP contribution in [0.15, 0.2) is 64.7 Å². The zero-order valence-electron chi connectivity index (χ0n) is 17.1. The van der Waals surface area contributed by atoms with E-state index in [9.17, 15) is 28.9 Å². The predicted octanol–water partition coefficient (Wildman–Crippen LogP) is 4.18. The molecule has 2 heterocycles. The molecule has 1 saturated heterocycles. The number of rotatable bonds is 6. The van der Waals surface area contributed by atoms with E-state index in [1.165, 1.54) is 54.6 Å². The number of nitrogens with zero attached hydrogens (tertiary/aromatic N) is 2. The minimum atomic E-state index is -0.839. The number of benzene rings is 2. The molecule has 1 aliphatic heterocycles. The Bertz CT molecular complexity index is 1370. The minimum absolute atomic E-state index is 0.0850. The molecule has 34 heavy (non-hydrogen) atoms. The van der Waals surface area contributed by atoms with Gasteiger partial charge in [-0.1, -0.05) is 23.7 Å². The molecule has 172 valence electrons. The van der Waals surface area contributed by atoms with Gasteiger partial charge in [-0.25, -0.2) is 14.1 Å². The standard InChI is InChI=1S/C22H14ClFN4O6/c23-15-7-5-12(28(32)33)9-14(15)19-8-6-13(34-19)10-18-21(30)27(22(31)26-18)11-20(29)25-17-4-2-1-3-16(17)24/h1-10H,11H2,(H,25,29)(H,26,31)/b18-10+. The third-order valence-electron chi connectivity index (χ3n) is 4.75. The Hall–Kier alpha value is -4.51. The van der Waals surface area contributed by atoms with Crippen molar-refractivity contribution in [2.75, 3.05) is 11.9 Å². The van der Waals surface area contributed by atoms with Gasteiger partial charge in [-0.2, -0.15) is 0 Å². The normalized spacial score (nSPS) is 14.4. The van der Waals surface area contributed by atoms with Crippen LogP contribution in [-0.4, -0.2) is 34.2 Å². The largest absolute Gasteiger partial charge is 0.457 e. The molecular weight excluding hydrogens is 471 g/mol. The fraction of sp³-hybridized carbons (Fsp3) is 0.0455. The van der Waals surface area contributed by atoms with Crippen LogP contribution >= 0.6 is 11.6 Å². The summed E-state index contributed by atoms with van der Waals surface area (Å²) in [5.74, 6) is -1.86. The topological polar surface area (TPSA) is 135 Å². The van der Waals surface area contributed by atoms with Gasteiger partial charge < -0.3 is 15.1 Å². The van der Waals surface area contributed by atoms with Crippen molar-refractivity contribution in [3.05, 3.63) is 87.0 Å². The lowest BCUT2D eigenvalue weighted by Gasteiger charge is -2.12. The summed E-state index contributed by atoms with van der Waals surface area (Å²) < 4.78 is 19.3. The first-order valence-corrected chi connectivity index (χ1v) is 10.0. The number of carbonyl (C=O) groups is 3. The van der Waals surface area contributed by atoms with E-state index < -0.39 is 35.1 Å². The van der Waals surface area contributed by atoms with Gasteiger partial charge in [-0.3, -0.25) is 19.7 Å². The van der Waals surface area contributed by atoms with Gasteiger partial charge in [0.25, 0.3) is 11.6 Å². The molecule has 10 nitrogen and oxygen atoms in total. The van der Waals surface area contributed by atoms with Crippen LogP contribution in [0.5, 0.6) is 0 Å². The number of carbonyl (C=O) groups excluding carboxylic acids is 3. The second-order valence-electron chi connectivity index (χ2n) is 7.03.